The second-order valence-corrected chi connectivity index (χ2v) is 3.94. The van der Waals surface area contributed by atoms with Crippen molar-refractivity contribution in [1.82, 2.24) is 0 Å². The standard InChI is InChI=1S/2C5H5.C2H5O.C2H4.2ClH.Zr/c2*1-2-4-5-3-1;1-2-3;1-2;;;/h2*1-3H,4H2;3H,1-2H2;1H,2H3;2*1H;/q3*-1;;;;. The largest absolute Gasteiger partial charge is 0.428 e. The zero-order valence-electron chi connectivity index (χ0n) is 10.6. The summed E-state index contributed by atoms with van der Waals surface area (Å²) >= 11 is 1.51. The molecule has 0 aromatic heterocycles. The molecule has 0 aliphatic heterocycles. The molecule has 0 radical (unpaired) electrons. The molecule has 0 saturated carbocycles. The van der Waals surface area contributed by atoms with Gasteiger partial charge >= 0.3 is 34.9 Å². The first kappa shape index (κ1) is 26.7. The molecular formula is C14H21Cl2OZr-3. The first-order valence-electron chi connectivity index (χ1n) is 5.12. The molecule has 0 unspecified atom stereocenters. The summed E-state index contributed by atoms with van der Waals surface area (Å²) in [6.07, 6.45) is 20.0. The van der Waals surface area contributed by atoms with E-state index in [4.69, 9.17) is 5.11 Å². The number of halogens is 2. The smallest absolute Gasteiger partial charge is 0.0827 e. The van der Waals surface area contributed by atoms with E-state index in [2.05, 4.69) is 34.9 Å². The average molecular weight is 367 g/mol. The van der Waals surface area contributed by atoms with Crippen molar-refractivity contribution >= 4 is 28.5 Å². The Bertz CT molecular complexity index is 204. The summed E-state index contributed by atoms with van der Waals surface area (Å²) in [6, 6.07) is 0. The fraction of sp³-hybridized carbons (Fsp3) is 0.286. The van der Waals surface area contributed by atoms with E-state index in [1.807, 2.05) is 31.2 Å². The molecule has 0 spiro atoms. The van der Waals surface area contributed by atoms with Crippen LogP contribution >= 0.6 is 24.8 Å². The molecule has 0 amide bonds. The van der Waals surface area contributed by atoms with E-state index < -0.39 is 0 Å². The van der Waals surface area contributed by atoms with Gasteiger partial charge in [0.2, 0.25) is 0 Å². The van der Waals surface area contributed by atoms with E-state index >= 15 is 0 Å². The Morgan fingerprint density at radius 1 is 1.17 bits per heavy atom. The number of hydrogen-bond acceptors (Lipinski definition) is 1. The minimum atomic E-state index is 0. The van der Waals surface area contributed by atoms with E-state index in [1.54, 1.807) is 0 Å². The van der Waals surface area contributed by atoms with Crippen molar-refractivity contribution in [3.63, 3.8) is 0 Å². The molecule has 0 fully saturated rings. The van der Waals surface area contributed by atoms with Crippen molar-refractivity contribution in [2.75, 3.05) is 6.61 Å². The van der Waals surface area contributed by atoms with Crippen molar-refractivity contribution in [1.29, 1.82) is 0 Å². The third-order valence-electron chi connectivity index (χ3n) is 1.17. The molecule has 0 aromatic carbocycles. The molecule has 0 saturated heterocycles. The van der Waals surface area contributed by atoms with Crippen LogP contribution in [-0.2, 0) is 24.2 Å². The molecule has 0 atom stereocenters. The quantitative estimate of drug-likeness (QED) is 0.649. The minimum absolute atomic E-state index is 0. The fourth-order valence-corrected chi connectivity index (χ4v) is 0.680. The summed E-state index contributed by atoms with van der Waals surface area (Å²) in [6.45, 7) is 5.08. The molecule has 0 heterocycles. The summed E-state index contributed by atoms with van der Waals surface area (Å²) < 4.78 is 2.09. The third-order valence-corrected chi connectivity index (χ3v) is 1.17. The van der Waals surface area contributed by atoms with Gasteiger partial charge < -0.3 is 12.0 Å². The third kappa shape index (κ3) is 36.0. The zero-order chi connectivity index (χ0) is 12.5. The Labute approximate surface area is 139 Å². The molecule has 1 N–H and O–H groups in total. The molecule has 0 aromatic rings. The first-order chi connectivity index (χ1) is 7.83. The maximum Gasteiger partial charge on any atom is -0.0827 e. The van der Waals surface area contributed by atoms with E-state index in [9.17, 15) is 0 Å². The van der Waals surface area contributed by atoms with Gasteiger partial charge in [0.05, 0.1) is 0 Å². The van der Waals surface area contributed by atoms with Crippen LogP contribution in [0.15, 0.2) is 36.5 Å². The molecule has 0 bridgehead atoms. The maximum atomic E-state index is 7.46. The van der Waals surface area contributed by atoms with Crippen LogP contribution in [0.3, 0.4) is 0 Å². The van der Waals surface area contributed by atoms with E-state index in [0.29, 0.717) is 0 Å². The molecule has 2 aliphatic carbocycles. The molecular weight excluding hydrogens is 346 g/mol. The van der Waals surface area contributed by atoms with Crippen LogP contribution in [0.2, 0.25) is 0 Å². The van der Waals surface area contributed by atoms with Crippen molar-refractivity contribution in [2.45, 2.75) is 19.8 Å². The van der Waals surface area contributed by atoms with Crippen molar-refractivity contribution in [3.8, 4) is 0 Å². The van der Waals surface area contributed by atoms with Gasteiger partial charge in [0, 0.05) is 0 Å². The zero-order valence-corrected chi connectivity index (χ0v) is 14.7. The Kier molecular flexibility index (Phi) is 45.1. The predicted molar refractivity (Wildman–Crippen MR) is 81.8 cm³/mol. The van der Waals surface area contributed by atoms with Gasteiger partial charge in [0.25, 0.3) is 0 Å². The summed E-state index contributed by atoms with van der Waals surface area (Å²) in [5, 5.41) is 7.46. The maximum absolute atomic E-state index is 7.46. The van der Waals surface area contributed by atoms with E-state index in [-0.39, 0.29) is 31.4 Å². The van der Waals surface area contributed by atoms with Crippen LogP contribution in [0.25, 0.3) is 0 Å². The van der Waals surface area contributed by atoms with Crippen LogP contribution in [0.1, 0.15) is 19.8 Å². The van der Waals surface area contributed by atoms with Crippen LogP contribution in [0.5, 0.6) is 0 Å². The molecule has 18 heavy (non-hydrogen) atoms. The van der Waals surface area contributed by atoms with Crippen molar-refractivity contribution in [2.24, 2.45) is 0 Å². The van der Waals surface area contributed by atoms with Gasteiger partial charge in [-0.05, 0) is 0 Å². The van der Waals surface area contributed by atoms with Gasteiger partial charge in [-0.2, -0.15) is 12.2 Å². The summed E-state index contributed by atoms with van der Waals surface area (Å²) in [4.78, 5) is 0. The van der Waals surface area contributed by atoms with E-state index in [1.165, 1.54) is 24.2 Å². The predicted octanol–water partition coefficient (Wildman–Crippen LogP) is 3.62. The van der Waals surface area contributed by atoms with Crippen molar-refractivity contribution in [3.05, 3.63) is 55.5 Å². The van der Waals surface area contributed by atoms with Crippen molar-refractivity contribution < 1.29 is 29.3 Å². The topological polar surface area (TPSA) is 20.2 Å². The van der Waals surface area contributed by atoms with Gasteiger partial charge in [-0.25, -0.2) is 24.3 Å². The number of aliphatic hydroxyl groups is 1. The summed E-state index contributed by atoms with van der Waals surface area (Å²) in [7, 11) is 0. The number of hydrogen-bond donors (Lipinski definition) is 1. The van der Waals surface area contributed by atoms with Crippen LogP contribution in [0.4, 0.5) is 0 Å². The number of aliphatic hydroxyl groups excluding tert-OH is 1. The average Bonchev–Trinajstić information content (AvgIpc) is 3.00. The SMILES string of the molecule is C[CH]=[Zr].Cl.Cl.[C-]1=CC=CC1.[C-]1=CC=CC1.[CH2-]CO. The molecule has 2 aliphatic rings. The Hall–Kier alpha value is 0.253. The summed E-state index contributed by atoms with van der Waals surface area (Å²) in [5.74, 6) is 0. The normalized spacial score (nSPS) is 11.4. The van der Waals surface area contributed by atoms with E-state index in [0.717, 1.165) is 12.8 Å². The Morgan fingerprint density at radius 3 is 1.50 bits per heavy atom. The molecule has 104 valence electrons. The second-order valence-electron chi connectivity index (χ2n) is 2.52. The van der Waals surface area contributed by atoms with Gasteiger partial charge in [-0.3, -0.25) is 12.2 Å². The van der Waals surface area contributed by atoms with Gasteiger partial charge in [0.15, 0.2) is 0 Å². The number of allylic oxidation sites excluding steroid dienone is 8. The second kappa shape index (κ2) is 30.4. The first-order valence-corrected chi connectivity index (χ1v) is 6.54. The molecule has 4 heteroatoms. The summed E-state index contributed by atoms with van der Waals surface area (Å²) in [5.41, 5.74) is 0. The van der Waals surface area contributed by atoms with Gasteiger partial charge in [0.1, 0.15) is 0 Å². The monoisotopic (exact) mass is 365 g/mol. The Morgan fingerprint density at radius 2 is 1.44 bits per heavy atom. The van der Waals surface area contributed by atoms with Crippen LogP contribution in [-0.4, -0.2) is 15.4 Å². The molecule has 1 nitrogen and oxygen atoms in total. The van der Waals surface area contributed by atoms with Gasteiger partial charge in [-0.1, -0.05) is 6.61 Å². The number of rotatable bonds is 0. The fourth-order valence-electron chi connectivity index (χ4n) is 0.680. The molecule has 2 rings (SSSR count). The Balaban J connectivity index is -0.0000000725. The van der Waals surface area contributed by atoms with Gasteiger partial charge in [-0.15, -0.1) is 37.7 Å². The van der Waals surface area contributed by atoms with Crippen LogP contribution in [0, 0.1) is 19.1 Å². The van der Waals surface area contributed by atoms with Crippen LogP contribution < -0.4 is 0 Å². The minimum Gasteiger partial charge on any atom is -0.428 e.